The van der Waals surface area contributed by atoms with Gasteiger partial charge in [-0.2, -0.15) is 15.4 Å². The van der Waals surface area contributed by atoms with Gasteiger partial charge in [0, 0.05) is 25.1 Å². The summed E-state index contributed by atoms with van der Waals surface area (Å²) >= 11 is 0. The van der Waals surface area contributed by atoms with Crippen LogP contribution in [0.25, 0.3) is 11.0 Å². The highest BCUT2D eigenvalue weighted by atomic mass is 16.5. The number of carbonyl (C=O) groups excluding carboxylic acids is 1. The Hall–Kier alpha value is -1.99. The van der Waals surface area contributed by atoms with Crippen LogP contribution in [-0.4, -0.2) is 62.2 Å². The van der Waals surface area contributed by atoms with E-state index >= 15 is 0 Å². The first-order chi connectivity index (χ1) is 11.5. The first kappa shape index (κ1) is 15.5. The van der Waals surface area contributed by atoms with Crippen LogP contribution in [0.5, 0.6) is 0 Å². The van der Waals surface area contributed by atoms with Crippen molar-refractivity contribution in [1.82, 2.24) is 20.3 Å². The number of piperidine rings is 1. The number of amides is 1. The van der Waals surface area contributed by atoms with Gasteiger partial charge in [0.1, 0.15) is 11.0 Å². The first-order valence-corrected chi connectivity index (χ1v) is 8.43. The van der Waals surface area contributed by atoms with E-state index < -0.39 is 5.60 Å². The van der Waals surface area contributed by atoms with Crippen LogP contribution < -0.4 is 0 Å². The maximum absolute atomic E-state index is 12.7. The zero-order valence-electron chi connectivity index (χ0n) is 13.8. The van der Waals surface area contributed by atoms with Crippen molar-refractivity contribution in [2.45, 2.75) is 43.8 Å². The van der Waals surface area contributed by atoms with Gasteiger partial charge in [-0.05, 0) is 44.4 Å². The standard InChI is InChI=1S/C17H22N4O3/c1-16(23)6-9-24-17(11-16)4-7-21(8-5-17)15(22)12-2-3-13-14(10-12)19-20-18-13/h2-3,10,23H,4-9,11H2,1H3,(H,18,19,20). The quantitative estimate of drug-likeness (QED) is 0.827. The lowest BCUT2D eigenvalue weighted by Crippen LogP contribution is -2.54. The van der Waals surface area contributed by atoms with E-state index in [2.05, 4.69) is 15.4 Å². The third-order valence-electron chi connectivity index (χ3n) is 5.28. The molecule has 2 aliphatic heterocycles. The van der Waals surface area contributed by atoms with Crippen molar-refractivity contribution in [3.8, 4) is 0 Å². The van der Waals surface area contributed by atoms with E-state index in [0.29, 0.717) is 43.6 Å². The molecule has 2 N–H and O–H groups in total. The number of benzene rings is 1. The molecule has 1 amide bonds. The number of ether oxygens (including phenoxy) is 1. The Morgan fingerprint density at radius 2 is 2.00 bits per heavy atom. The monoisotopic (exact) mass is 330 g/mol. The molecule has 4 rings (SSSR count). The maximum atomic E-state index is 12.7. The highest BCUT2D eigenvalue weighted by molar-refractivity contribution is 5.97. The third kappa shape index (κ3) is 2.78. The molecule has 0 radical (unpaired) electrons. The Labute approximate surface area is 140 Å². The van der Waals surface area contributed by atoms with Crippen LogP contribution >= 0.6 is 0 Å². The van der Waals surface area contributed by atoms with E-state index in [9.17, 15) is 9.90 Å². The van der Waals surface area contributed by atoms with Gasteiger partial charge in [0.15, 0.2) is 0 Å². The predicted molar refractivity (Wildman–Crippen MR) is 87.6 cm³/mol. The fraction of sp³-hybridized carbons (Fsp3) is 0.588. The molecule has 1 aromatic carbocycles. The summed E-state index contributed by atoms with van der Waals surface area (Å²) in [5.74, 6) is 0.0114. The Morgan fingerprint density at radius 3 is 2.75 bits per heavy atom. The number of hydrogen-bond donors (Lipinski definition) is 2. The number of H-pyrrole nitrogens is 1. The topological polar surface area (TPSA) is 91.3 Å². The van der Waals surface area contributed by atoms with Gasteiger partial charge in [-0.25, -0.2) is 0 Å². The molecule has 1 atom stereocenters. The molecule has 2 aliphatic rings. The minimum Gasteiger partial charge on any atom is -0.390 e. The third-order valence-corrected chi connectivity index (χ3v) is 5.28. The van der Waals surface area contributed by atoms with Gasteiger partial charge in [-0.3, -0.25) is 4.79 Å². The van der Waals surface area contributed by atoms with Crippen molar-refractivity contribution < 1.29 is 14.6 Å². The number of hydrogen-bond acceptors (Lipinski definition) is 5. The summed E-state index contributed by atoms with van der Waals surface area (Å²) in [4.78, 5) is 14.6. The molecule has 2 aromatic rings. The molecule has 1 spiro atoms. The normalized spacial score (nSPS) is 26.8. The van der Waals surface area contributed by atoms with Crippen LogP contribution in [0.2, 0.25) is 0 Å². The molecule has 3 heterocycles. The van der Waals surface area contributed by atoms with E-state index in [1.165, 1.54) is 0 Å². The molecule has 24 heavy (non-hydrogen) atoms. The van der Waals surface area contributed by atoms with Crippen LogP contribution in [0, 0.1) is 0 Å². The molecule has 1 aromatic heterocycles. The molecule has 7 heteroatoms. The van der Waals surface area contributed by atoms with E-state index in [4.69, 9.17) is 4.74 Å². The van der Waals surface area contributed by atoms with Gasteiger partial charge >= 0.3 is 0 Å². The number of rotatable bonds is 1. The van der Waals surface area contributed by atoms with Crippen molar-refractivity contribution in [2.24, 2.45) is 0 Å². The van der Waals surface area contributed by atoms with Crippen molar-refractivity contribution in [3.63, 3.8) is 0 Å². The number of nitrogens with zero attached hydrogens (tertiary/aromatic N) is 3. The second-order valence-electron chi connectivity index (χ2n) is 7.27. The number of aromatic amines is 1. The Morgan fingerprint density at radius 1 is 1.25 bits per heavy atom. The van der Waals surface area contributed by atoms with Gasteiger partial charge in [0.2, 0.25) is 0 Å². The minimum atomic E-state index is -0.664. The van der Waals surface area contributed by atoms with Crippen molar-refractivity contribution in [3.05, 3.63) is 23.8 Å². The summed E-state index contributed by atoms with van der Waals surface area (Å²) < 4.78 is 6.00. The fourth-order valence-electron chi connectivity index (χ4n) is 3.92. The summed E-state index contributed by atoms with van der Waals surface area (Å²) in [6.45, 7) is 3.75. The van der Waals surface area contributed by atoms with Crippen LogP contribution in [0.3, 0.4) is 0 Å². The van der Waals surface area contributed by atoms with Gasteiger partial charge in [-0.15, -0.1) is 0 Å². The van der Waals surface area contributed by atoms with Crippen LogP contribution in [-0.2, 0) is 4.74 Å². The summed E-state index contributed by atoms with van der Waals surface area (Å²) in [5, 5.41) is 21.0. The SMILES string of the molecule is CC1(O)CCOC2(CCN(C(=O)c3ccc4n[nH]nc4c3)CC2)C1. The average Bonchev–Trinajstić information content (AvgIpc) is 3.01. The number of aromatic nitrogens is 3. The number of likely N-dealkylation sites (tertiary alicyclic amines) is 1. The van der Waals surface area contributed by atoms with E-state index in [-0.39, 0.29) is 11.5 Å². The predicted octanol–water partition coefficient (Wildman–Crippen LogP) is 1.49. The Kier molecular flexibility index (Phi) is 3.58. The lowest BCUT2D eigenvalue weighted by molar-refractivity contribution is -0.170. The number of nitrogens with one attached hydrogen (secondary N) is 1. The van der Waals surface area contributed by atoms with E-state index in [1.54, 1.807) is 18.2 Å². The highest BCUT2D eigenvalue weighted by Gasteiger charge is 2.44. The van der Waals surface area contributed by atoms with Crippen LogP contribution in [0.4, 0.5) is 0 Å². The number of fused-ring (bicyclic) bond motifs is 1. The van der Waals surface area contributed by atoms with E-state index in [1.807, 2.05) is 11.8 Å². The summed E-state index contributed by atoms with van der Waals surface area (Å²) in [6, 6.07) is 5.37. The molecule has 1 unspecified atom stereocenters. The molecular weight excluding hydrogens is 308 g/mol. The average molecular weight is 330 g/mol. The molecule has 128 valence electrons. The number of carbonyl (C=O) groups is 1. The molecule has 2 saturated heterocycles. The Bertz CT molecular complexity index is 762. The van der Waals surface area contributed by atoms with Gasteiger partial charge < -0.3 is 14.7 Å². The smallest absolute Gasteiger partial charge is 0.253 e. The second kappa shape index (κ2) is 5.53. The lowest BCUT2D eigenvalue weighted by atomic mass is 9.78. The fourth-order valence-corrected chi connectivity index (χ4v) is 3.92. The zero-order chi connectivity index (χ0) is 16.8. The largest absolute Gasteiger partial charge is 0.390 e. The molecular formula is C17H22N4O3. The van der Waals surface area contributed by atoms with Crippen LogP contribution in [0.15, 0.2) is 18.2 Å². The van der Waals surface area contributed by atoms with Crippen molar-refractivity contribution in [1.29, 1.82) is 0 Å². The Balaban J connectivity index is 1.46. The molecule has 0 aliphatic carbocycles. The van der Waals surface area contributed by atoms with Crippen molar-refractivity contribution >= 4 is 16.9 Å². The van der Waals surface area contributed by atoms with Crippen LogP contribution in [0.1, 0.15) is 43.0 Å². The first-order valence-electron chi connectivity index (χ1n) is 8.43. The molecule has 2 fully saturated rings. The summed E-state index contributed by atoms with van der Waals surface area (Å²) in [7, 11) is 0. The summed E-state index contributed by atoms with van der Waals surface area (Å²) in [6.07, 6.45) is 2.85. The van der Waals surface area contributed by atoms with E-state index in [0.717, 1.165) is 18.4 Å². The van der Waals surface area contributed by atoms with Gasteiger partial charge in [0.05, 0.1) is 17.8 Å². The van der Waals surface area contributed by atoms with Gasteiger partial charge in [0.25, 0.3) is 5.91 Å². The summed E-state index contributed by atoms with van der Waals surface area (Å²) in [5.41, 5.74) is 1.13. The maximum Gasteiger partial charge on any atom is 0.253 e. The second-order valence-corrected chi connectivity index (χ2v) is 7.27. The lowest BCUT2D eigenvalue weighted by Gasteiger charge is -2.48. The molecule has 0 bridgehead atoms. The highest BCUT2D eigenvalue weighted by Crippen LogP contribution is 2.39. The molecule has 0 saturated carbocycles. The number of aliphatic hydroxyl groups is 1. The zero-order valence-corrected chi connectivity index (χ0v) is 13.8. The minimum absolute atomic E-state index is 0.0114. The van der Waals surface area contributed by atoms with Gasteiger partial charge in [-0.1, -0.05) is 0 Å². The van der Waals surface area contributed by atoms with Crippen molar-refractivity contribution in [2.75, 3.05) is 19.7 Å². The molecule has 7 nitrogen and oxygen atoms in total.